The molecule has 0 bridgehead atoms. The van der Waals surface area contributed by atoms with Crippen LogP contribution in [0.2, 0.25) is 0 Å². The fourth-order valence-corrected chi connectivity index (χ4v) is 2.21. The summed E-state index contributed by atoms with van der Waals surface area (Å²) in [5.74, 6) is 0.748. The zero-order chi connectivity index (χ0) is 9.26. The Morgan fingerprint density at radius 3 is 2.54 bits per heavy atom. The van der Waals surface area contributed by atoms with Crippen LogP contribution < -0.4 is 0 Å². The Bertz CT molecular complexity index is 281. The van der Waals surface area contributed by atoms with Gasteiger partial charge in [0.05, 0.1) is 0 Å². The molecule has 70 valence electrons. The molecular weight excluding hydrogens is 226 g/mol. The quantitative estimate of drug-likeness (QED) is 0.729. The summed E-state index contributed by atoms with van der Waals surface area (Å²) in [6.45, 7) is 2.45. The Balaban J connectivity index is 2.13. The van der Waals surface area contributed by atoms with Gasteiger partial charge in [-0.1, -0.05) is 28.1 Å². The lowest BCUT2D eigenvalue weighted by molar-refractivity contribution is 0.411. The van der Waals surface area contributed by atoms with Gasteiger partial charge in [0.2, 0.25) is 0 Å². The Labute approximate surface area is 87.9 Å². The molecule has 1 fully saturated rings. The number of halogens is 1. The molecule has 0 saturated carbocycles. The van der Waals surface area contributed by atoms with Crippen LogP contribution in [0.1, 0.15) is 17.9 Å². The van der Waals surface area contributed by atoms with Gasteiger partial charge >= 0.3 is 0 Å². The summed E-state index contributed by atoms with van der Waals surface area (Å²) in [5, 5.41) is 0. The molecule has 1 aromatic carbocycles. The van der Waals surface area contributed by atoms with Gasteiger partial charge in [-0.3, -0.25) is 0 Å². The molecule has 0 N–H and O–H groups in total. The second-order valence-electron chi connectivity index (χ2n) is 3.80. The van der Waals surface area contributed by atoms with Crippen molar-refractivity contribution < 1.29 is 0 Å². The van der Waals surface area contributed by atoms with Crippen molar-refractivity contribution in [2.24, 2.45) is 0 Å². The van der Waals surface area contributed by atoms with Crippen LogP contribution in [0.25, 0.3) is 0 Å². The van der Waals surface area contributed by atoms with Crippen LogP contribution in [0.5, 0.6) is 0 Å². The van der Waals surface area contributed by atoms with Gasteiger partial charge in [-0.15, -0.1) is 0 Å². The van der Waals surface area contributed by atoms with Gasteiger partial charge in [-0.2, -0.15) is 0 Å². The molecule has 0 amide bonds. The smallest absolute Gasteiger partial charge is 0.0175 e. The van der Waals surface area contributed by atoms with Crippen molar-refractivity contribution in [1.82, 2.24) is 4.90 Å². The molecule has 1 saturated heterocycles. The van der Waals surface area contributed by atoms with E-state index in [4.69, 9.17) is 0 Å². The first-order valence-electron chi connectivity index (χ1n) is 4.70. The Kier molecular flexibility index (Phi) is 2.70. The molecule has 2 rings (SSSR count). The first kappa shape index (κ1) is 9.22. The van der Waals surface area contributed by atoms with Crippen molar-refractivity contribution in [3.8, 4) is 0 Å². The average Bonchev–Trinajstić information content (AvgIpc) is 2.53. The summed E-state index contributed by atoms with van der Waals surface area (Å²) in [7, 11) is 2.19. The van der Waals surface area contributed by atoms with Crippen LogP contribution in [-0.4, -0.2) is 25.0 Å². The highest BCUT2D eigenvalue weighted by atomic mass is 79.9. The summed E-state index contributed by atoms with van der Waals surface area (Å²) in [6, 6.07) is 8.73. The van der Waals surface area contributed by atoms with Gasteiger partial charge in [0.15, 0.2) is 0 Å². The summed E-state index contributed by atoms with van der Waals surface area (Å²) < 4.78 is 1.17. The van der Waals surface area contributed by atoms with Crippen molar-refractivity contribution in [1.29, 1.82) is 0 Å². The summed E-state index contributed by atoms with van der Waals surface area (Å²) in [5.41, 5.74) is 1.48. The molecule has 2 heteroatoms. The number of likely N-dealkylation sites (N-methyl/N-ethyl adjacent to an activating group) is 1. The predicted molar refractivity (Wildman–Crippen MR) is 59.0 cm³/mol. The lowest BCUT2D eigenvalue weighted by Crippen LogP contribution is -2.13. The molecule has 0 aliphatic carbocycles. The number of hydrogen-bond acceptors (Lipinski definition) is 1. The average molecular weight is 240 g/mol. The third-order valence-corrected chi connectivity index (χ3v) is 3.26. The second-order valence-corrected chi connectivity index (χ2v) is 4.72. The fraction of sp³-hybridized carbons (Fsp3) is 0.455. The van der Waals surface area contributed by atoms with Gasteiger partial charge < -0.3 is 4.90 Å². The zero-order valence-corrected chi connectivity index (χ0v) is 9.42. The highest BCUT2D eigenvalue weighted by molar-refractivity contribution is 9.10. The van der Waals surface area contributed by atoms with Gasteiger partial charge in [0.25, 0.3) is 0 Å². The van der Waals surface area contributed by atoms with E-state index in [9.17, 15) is 0 Å². The minimum atomic E-state index is 0.748. The Morgan fingerprint density at radius 2 is 2.00 bits per heavy atom. The van der Waals surface area contributed by atoms with E-state index in [0.717, 1.165) is 5.92 Å². The van der Waals surface area contributed by atoms with Crippen LogP contribution in [0.15, 0.2) is 28.7 Å². The standard InChI is InChI=1S/C11H14BrN/c1-13-7-6-10(8-13)9-2-4-11(12)5-3-9/h2-5,10H,6-8H2,1H3. The molecule has 0 aromatic heterocycles. The maximum Gasteiger partial charge on any atom is 0.0175 e. The molecule has 1 aliphatic heterocycles. The molecule has 1 nitrogen and oxygen atoms in total. The SMILES string of the molecule is CN1CCC(c2ccc(Br)cc2)C1. The van der Waals surface area contributed by atoms with Crippen molar-refractivity contribution in [3.05, 3.63) is 34.3 Å². The number of likely N-dealkylation sites (tertiary alicyclic amines) is 1. The fourth-order valence-electron chi connectivity index (χ4n) is 1.94. The first-order valence-corrected chi connectivity index (χ1v) is 5.49. The molecule has 1 aromatic rings. The number of nitrogens with zero attached hydrogens (tertiary/aromatic N) is 1. The highest BCUT2D eigenvalue weighted by Gasteiger charge is 2.20. The van der Waals surface area contributed by atoms with Gasteiger partial charge in [-0.05, 0) is 43.6 Å². The molecule has 1 atom stereocenters. The van der Waals surface area contributed by atoms with Crippen LogP contribution in [0.4, 0.5) is 0 Å². The Hall–Kier alpha value is -0.340. The van der Waals surface area contributed by atoms with E-state index in [0.29, 0.717) is 0 Å². The Morgan fingerprint density at radius 1 is 1.31 bits per heavy atom. The van der Waals surface area contributed by atoms with E-state index in [1.165, 1.54) is 29.5 Å². The summed E-state index contributed by atoms with van der Waals surface area (Å²) in [6.07, 6.45) is 1.30. The van der Waals surface area contributed by atoms with E-state index in [-0.39, 0.29) is 0 Å². The normalized spacial score (nSPS) is 23.7. The van der Waals surface area contributed by atoms with Gasteiger partial charge in [-0.25, -0.2) is 0 Å². The first-order chi connectivity index (χ1) is 6.25. The monoisotopic (exact) mass is 239 g/mol. The molecule has 0 radical (unpaired) electrons. The summed E-state index contributed by atoms with van der Waals surface area (Å²) >= 11 is 3.46. The van der Waals surface area contributed by atoms with Gasteiger partial charge in [0, 0.05) is 11.0 Å². The van der Waals surface area contributed by atoms with Crippen molar-refractivity contribution in [2.75, 3.05) is 20.1 Å². The lowest BCUT2D eigenvalue weighted by Gasteiger charge is -2.10. The lowest BCUT2D eigenvalue weighted by atomic mass is 9.99. The second kappa shape index (κ2) is 3.81. The van der Waals surface area contributed by atoms with Crippen LogP contribution in [-0.2, 0) is 0 Å². The van der Waals surface area contributed by atoms with Crippen molar-refractivity contribution in [2.45, 2.75) is 12.3 Å². The summed E-state index contributed by atoms with van der Waals surface area (Å²) in [4.78, 5) is 2.40. The third-order valence-electron chi connectivity index (χ3n) is 2.73. The maximum absolute atomic E-state index is 3.46. The van der Waals surface area contributed by atoms with E-state index in [2.05, 4.69) is 52.1 Å². The van der Waals surface area contributed by atoms with Gasteiger partial charge in [0.1, 0.15) is 0 Å². The minimum absolute atomic E-state index is 0.748. The maximum atomic E-state index is 3.46. The highest BCUT2D eigenvalue weighted by Crippen LogP contribution is 2.26. The molecule has 1 aliphatic rings. The number of rotatable bonds is 1. The number of benzene rings is 1. The van der Waals surface area contributed by atoms with E-state index < -0.39 is 0 Å². The predicted octanol–water partition coefficient (Wildman–Crippen LogP) is 2.87. The van der Waals surface area contributed by atoms with Crippen LogP contribution in [0, 0.1) is 0 Å². The van der Waals surface area contributed by atoms with Crippen molar-refractivity contribution in [3.63, 3.8) is 0 Å². The van der Waals surface area contributed by atoms with Crippen LogP contribution in [0.3, 0.4) is 0 Å². The topological polar surface area (TPSA) is 3.24 Å². The van der Waals surface area contributed by atoms with Crippen molar-refractivity contribution >= 4 is 15.9 Å². The molecule has 1 unspecified atom stereocenters. The molecule has 1 heterocycles. The largest absolute Gasteiger partial charge is 0.306 e. The van der Waals surface area contributed by atoms with E-state index in [1.54, 1.807) is 0 Å². The third kappa shape index (κ3) is 2.12. The van der Waals surface area contributed by atoms with E-state index >= 15 is 0 Å². The molecule has 0 spiro atoms. The van der Waals surface area contributed by atoms with Crippen LogP contribution >= 0.6 is 15.9 Å². The molecular formula is C11H14BrN. The van der Waals surface area contributed by atoms with E-state index in [1.807, 2.05) is 0 Å². The zero-order valence-electron chi connectivity index (χ0n) is 7.83. The number of hydrogen-bond donors (Lipinski definition) is 0. The molecule has 13 heavy (non-hydrogen) atoms. The minimum Gasteiger partial charge on any atom is -0.306 e.